The van der Waals surface area contributed by atoms with E-state index in [9.17, 15) is 18.4 Å². The van der Waals surface area contributed by atoms with E-state index < -0.39 is 29.6 Å². The zero-order valence-electron chi connectivity index (χ0n) is 12.9. The number of rotatable bonds is 2. The predicted octanol–water partition coefficient (Wildman–Crippen LogP) is 1.31. The molecule has 2 aliphatic heterocycles. The molecule has 6 nitrogen and oxygen atoms in total. The molecule has 0 saturated carbocycles. The molecule has 2 fully saturated rings. The van der Waals surface area contributed by atoms with Gasteiger partial charge in [-0.15, -0.1) is 0 Å². The van der Waals surface area contributed by atoms with Crippen LogP contribution in [0.5, 0.6) is 0 Å². The van der Waals surface area contributed by atoms with Gasteiger partial charge in [0.05, 0.1) is 19.3 Å². The fourth-order valence-electron chi connectivity index (χ4n) is 3.00. The molecule has 0 radical (unpaired) electrons. The second kappa shape index (κ2) is 6.56. The molecule has 2 heterocycles. The summed E-state index contributed by atoms with van der Waals surface area (Å²) in [4.78, 5) is 26.1. The van der Waals surface area contributed by atoms with Crippen molar-refractivity contribution in [2.45, 2.75) is 6.04 Å². The Hall–Kier alpha value is -2.48. The van der Waals surface area contributed by atoms with Crippen LogP contribution in [0.15, 0.2) is 30.5 Å². The number of nitrogens with one attached hydrogen (secondary N) is 2. The van der Waals surface area contributed by atoms with Gasteiger partial charge in [0.2, 0.25) is 5.91 Å². The molecule has 1 aromatic carbocycles. The van der Waals surface area contributed by atoms with E-state index in [2.05, 4.69) is 17.2 Å². The molecular weight excluding hydrogens is 320 g/mol. The normalized spacial score (nSPS) is 24.3. The molecule has 1 aromatic rings. The van der Waals surface area contributed by atoms with Gasteiger partial charge in [-0.1, -0.05) is 12.6 Å². The number of hydrogen-bond acceptors (Lipinski definition) is 3. The number of nitrogens with zero attached hydrogens (tertiary/aromatic N) is 1. The third-order valence-corrected chi connectivity index (χ3v) is 4.17. The van der Waals surface area contributed by atoms with Crippen LogP contribution in [0.3, 0.4) is 0 Å². The van der Waals surface area contributed by atoms with Crippen LogP contribution in [0, 0.1) is 17.6 Å². The molecule has 24 heavy (non-hydrogen) atoms. The lowest BCUT2D eigenvalue weighted by Crippen LogP contribution is -2.55. The molecule has 3 rings (SSSR count). The van der Waals surface area contributed by atoms with Crippen molar-refractivity contribution in [3.05, 3.63) is 47.7 Å². The van der Waals surface area contributed by atoms with E-state index >= 15 is 0 Å². The second-order valence-corrected chi connectivity index (χ2v) is 5.65. The molecule has 0 aliphatic carbocycles. The van der Waals surface area contributed by atoms with Gasteiger partial charge in [-0.3, -0.25) is 4.79 Å². The Kier molecular flexibility index (Phi) is 4.48. The molecule has 128 valence electrons. The SMILES string of the molecule is C=C1NC(=O)N[C@H](c2c(F)cccc2F)[C@H]1C(=O)N1CCOCC1. The minimum atomic E-state index is -1.16. The average molecular weight is 337 g/mol. The zero-order chi connectivity index (χ0) is 17.3. The first kappa shape index (κ1) is 16.4. The van der Waals surface area contributed by atoms with Crippen molar-refractivity contribution in [2.24, 2.45) is 5.92 Å². The van der Waals surface area contributed by atoms with Gasteiger partial charge in [-0.05, 0) is 12.1 Å². The highest BCUT2D eigenvalue weighted by molar-refractivity contribution is 5.88. The average Bonchev–Trinajstić information content (AvgIpc) is 2.54. The third-order valence-electron chi connectivity index (χ3n) is 4.17. The molecule has 2 atom stereocenters. The summed E-state index contributed by atoms with van der Waals surface area (Å²) in [6, 6.07) is 1.59. The fourth-order valence-corrected chi connectivity index (χ4v) is 3.00. The van der Waals surface area contributed by atoms with E-state index in [1.54, 1.807) is 4.90 Å². The molecule has 2 saturated heterocycles. The number of morpholine rings is 1. The highest BCUT2D eigenvalue weighted by Crippen LogP contribution is 2.33. The van der Waals surface area contributed by atoms with Crippen molar-refractivity contribution < 1.29 is 23.1 Å². The first-order valence-corrected chi connectivity index (χ1v) is 7.56. The summed E-state index contributed by atoms with van der Waals surface area (Å²) in [5, 5.41) is 4.87. The predicted molar refractivity (Wildman–Crippen MR) is 80.8 cm³/mol. The van der Waals surface area contributed by atoms with E-state index in [-0.39, 0.29) is 17.2 Å². The number of amides is 3. The highest BCUT2D eigenvalue weighted by Gasteiger charge is 2.42. The molecule has 8 heteroatoms. The second-order valence-electron chi connectivity index (χ2n) is 5.65. The Morgan fingerprint density at radius 3 is 2.50 bits per heavy atom. The molecule has 2 aliphatic rings. The number of carbonyl (C=O) groups is 2. The van der Waals surface area contributed by atoms with Crippen molar-refractivity contribution in [1.82, 2.24) is 15.5 Å². The van der Waals surface area contributed by atoms with E-state index in [1.165, 1.54) is 6.07 Å². The van der Waals surface area contributed by atoms with Gasteiger partial charge in [0.25, 0.3) is 0 Å². The molecule has 0 bridgehead atoms. The Morgan fingerprint density at radius 2 is 1.88 bits per heavy atom. The lowest BCUT2D eigenvalue weighted by Gasteiger charge is -2.38. The topological polar surface area (TPSA) is 70.7 Å². The maximum absolute atomic E-state index is 14.2. The first-order chi connectivity index (χ1) is 11.5. The summed E-state index contributed by atoms with van der Waals surface area (Å²) in [5.74, 6) is -3.01. The number of carbonyl (C=O) groups excluding carboxylic acids is 2. The lowest BCUT2D eigenvalue weighted by atomic mass is 9.87. The van der Waals surface area contributed by atoms with E-state index in [0.717, 1.165) is 12.1 Å². The van der Waals surface area contributed by atoms with Crippen molar-refractivity contribution in [3.63, 3.8) is 0 Å². The van der Waals surface area contributed by atoms with Crippen molar-refractivity contribution >= 4 is 11.9 Å². The molecule has 3 amide bonds. The maximum atomic E-state index is 14.2. The molecular formula is C16H17F2N3O3. The van der Waals surface area contributed by atoms with Gasteiger partial charge in [0, 0.05) is 24.4 Å². The van der Waals surface area contributed by atoms with Crippen LogP contribution in [0.2, 0.25) is 0 Å². The Labute approximate surface area is 137 Å². The quantitative estimate of drug-likeness (QED) is 0.855. The van der Waals surface area contributed by atoms with E-state index in [4.69, 9.17) is 4.74 Å². The van der Waals surface area contributed by atoms with Gasteiger partial charge in [-0.25, -0.2) is 13.6 Å². The molecule has 0 unspecified atom stereocenters. The number of urea groups is 1. The van der Waals surface area contributed by atoms with E-state index in [1.807, 2.05) is 0 Å². The van der Waals surface area contributed by atoms with Gasteiger partial charge >= 0.3 is 6.03 Å². The summed E-state index contributed by atoms with van der Waals surface area (Å²) in [6.07, 6.45) is 0. The lowest BCUT2D eigenvalue weighted by molar-refractivity contribution is -0.139. The van der Waals surface area contributed by atoms with Crippen LogP contribution in [0.1, 0.15) is 11.6 Å². The first-order valence-electron chi connectivity index (χ1n) is 7.56. The molecule has 0 spiro atoms. The van der Waals surface area contributed by atoms with Gasteiger partial charge in [-0.2, -0.15) is 0 Å². The Bertz CT molecular complexity index is 669. The minimum Gasteiger partial charge on any atom is -0.378 e. The van der Waals surface area contributed by atoms with Crippen LogP contribution < -0.4 is 10.6 Å². The van der Waals surface area contributed by atoms with Crippen LogP contribution in [-0.4, -0.2) is 43.1 Å². The van der Waals surface area contributed by atoms with Crippen LogP contribution in [0.25, 0.3) is 0 Å². The van der Waals surface area contributed by atoms with Gasteiger partial charge in [0.1, 0.15) is 17.6 Å². The molecule has 2 N–H and O–H groups in total. The monoisotopic (exact) mass is 337 g/mol. The fraction of sp³-hybridized carbons (Fsp3) is 0.375. The summed E-state index contributed by atoms with van der Waals surface area (Å²) >= 11 is 0. The number of benzene rings is 1. The summed E-state index contributed by atoms with van der Waals surface area (Å²) in [7, 11) is 0. The zero-order valence-corrected chi connectivity index (χ0v) is 12.9. The van der Waals surface area contributed by atoms with Crippen LogP contribution in [0.4, 0.5) is 13.6 Å². The Balaban J connectivity index is 1.98. The third kappa shape index (κ3) is 2.96. The Morgan fingerprint density at radius 1 is 1.25 bits per heavy atom. The summed E-state index contributed by atoms with van der Waals surface area (Å²) in [5.41, 5.74) is -0.233. The number of ether oxygens (including phenoxy) is 1. The summed E-state index contributed by atoms with van der Waals surface area (Å²) < 4.78 is 33.6. The largest absolute Gasteiger partial charge is 0.378 e. The van der Waals surface area contributed by atoms with Crippen LogP contribution in [-0.2, 0) is 9.53 Å². The number of hydrogen-bond donors (Lipinski definition) is 2. The van der Waals surface area contributed by atoms with E-state index in [0.29, 0.717) is 26.3 Å². The van der Waals surface area contributed by atoms with Gasteiger partial charge < -0.3 is 20.3 Å². The van der Waals surface area contributed by atoms with Crippen molar-refractivity contribution in [2.75, 3.05) is 26.3 Å². The smallest absolute Gasteiger partial charge is 0.319 e. The van der Waals surface area contributed by atoms with Crippen molar-refractivity contribution in [3.8, 4) is 0 Å². The standard InChI is InChI=1S/C16H17F2N3O3/c1-9-12(15(22)21-5-7-24-8-6-21)14(20-16(23)19-9)13-10(17)3-2-4-11(13)18/h2-4,12,14H,1,5-8H2,(H2,19,20,23)/t12-,14-/m0/s1. The number of halogens is 2. The maximum Gasteiger partial charge on any atom is 0.319 e. The van der Waals surface area contributed by atoms with Crippen molar-refractivity contribution in [1.29, 1.82) is 0 Å². The van der Waals surface area contributed by atoms with Crippen LogP contribution >= 0.6 is 0 Å². The molecule has 0 aromatic heterocycles. The highest BCUT2D eigenvalue weighted by atomic mass is 19.1. The minimum absolute atomic E-state index is 0.114. The van der Waals surface area contributed by atoms with Gasteiger partial charge in [0.15, 0.2) is 0 Å². The summed E-state index contributed by atoms with van der Waals surface area (Å²) in [6.45, 7) is 5.24.